The molecule has 7 heteroatoms. The first-order valence-electron chi connectivity index (χ1n) is 11.6. The summed E-state index contributed by atoms with van der Waals surface area (Å²) in [5.74, 6) is 0.552. The summed E-state index contributed by atoms with van der Waals surface area (Å²) >= 11 is 0. The molecule has 2 aromatic rings. The lowest BCUT2D eigenvalue weighted by Gasteiger charge is -2.29. The molecule has 1 aromatic carbocycles. The molecule has 0 saturated carbocycles. The molecule has 1 aliphatic heterocycles. The number of allylic oxidation sites excluding steroid dienone is 2. The molecule has 1 aliphatic rings. The van der Waals surface area contributed by atoms with Gasteiger partial charge in [0.15, 0.2) is 0 Å². The number of amides is 1. The van der Waals surface area contributed by atoms with Crippen LogP contribution in [0.25, 0.3) is 29.6 Å². The van der Waals surface area contributed by atoms with Gasteiger partial charge >= 0.3 is 0 Å². The van der Waals surface area contributed by atoms with Crippen molar-refractivity contribution in [1.82, 2.24) is 10.2 Å². The van der Waals surface area contributed by atoms with Gasteiger partial charge in [0.25, 0.3) is 5.91 Å². The minimum atomic E-state index is -0.640. The minimum Gasteiger partial charge on any atom is -0.456 e. The Bertz CT molecular complexity index is 1270. The van der Waals surface area contributed by atoms with Crippen LogP contribution in [0.2, 0.25) is 0 Å². The van der Waals surface area contributed by atoms with Crippen molar-refractivity contribution in [1.29, 1.82) is 5.26 Å². The van der Waals surface area contributed by atoms with Crippen LogP contribution in [0.1, 0.15) is 33.0 Å². The van der Waals surface area contributed by atoms with Crippen LogP contribution < -0.4 is 15.8 Å². The zero-order chi connectivity index (χ0) is 25.6. The smallest absolute Gasteiger partial charge is 0.262 e. The third kappa shape index (κ3) is 6.50. The van der Waals surface area contributed by atoms with Gasteiger partial charge in [-0.15, -0.1) is 0 Å². The van der Waals surface area contributed by atoms with E-state index in [1.807, 2.05) is 36.4 Å². The maximum Gasteiger partial charge on any atom is 0.262 e. The van der Waals surface area contributed by atoms with Crippen molar-refractivity contribution in [3.63, 3.8) is 0 Å². The van der Waals surface area contributed by atoms with Crippen LogP contribution in [-0.4, -0.2) is 54.4 Å². The second-order valence-corrected chi connectivity index (χ2v) is 9.24. The Balaban J connectivity index is 1.83. The van der Waals surface area contributed by atoms with E-state index in [1.165, 1.54) is 0 Å². The van der Waals surface area contributed by atoms with Crippen LogP contribution in [0.15, 0.2) is 52.6 Å². The van der Waals surface area contributed by atoms with Crippen molar-refractivity contribution >= 4 is 24.1 Å². The Labute approximate surface area is 206 Å². The predicted octanol–water partition coefficient (Wildman–Crippen LogP) is 2.56. The summed E-state index contributed by atoms with van der Waals surface area (Å²) in [6.45, 7) is 16.6. The summed E-state index contributed by atoms with van der Waals surface area (Å²) in [5, 5.41) is 23.4. The number of benzene rings is 1. The number of hydrogen-bond donors (Lipinski definition) is 2. The number of carbonyl (C=O) groups is 1. The molecule has 0 spiro atoms. The molecular formula is C28H33N3O4. The van der Waals surface area contributed by atoms with E-state index in [0.717, 1.165) is 34.8 Å². The molecule has 1 saturated heterocycles. The summed E-state index contributed by atoms with van der Waals surface area (Å²) in [6.07, 6.45) is 2.40. The summed E-state index contributed by atoms with van der Waals surface area (Å²) in [6, 6.07) is 11.4. The number of aliphatic hydroxyl groups excluding tert-OH is 1. The number of nitrogens with zero attached hydrogens (tertiary/aromatic N) is 2. The van der Waals surface area contributed by atoms with Gasteiger partial charge in [-0.1, -0.05) is 25.3 Å². The quantitative estimate of drug-likeness (QED) is 0.450. The van der Waals surface area contributed by atoms with Crippen molar-refractivity contribution in [2.45, 2.75) is 32.7 Å². The van der Waals surface area contributed by atoms with Crippen molar-refractivity contribution < 1.29 is 19.1 Å². The van der Waals surface area contributed by atoms with Gasteiger partial charge in [-0.25, -0.2) is 0 Å². The number of hydrogen-bond acceptors (Lipinski definition) is 6. The molecule has 1 fully saturated rings. The number of furan rings is 1. The Morgan fingerprint density at radius 3 is 2.63 bits per heavy atom. The molecule has 7 nitrogen and oxygen atoms in total. The first-order valence-corrected chi connectivity index (χ1v) is 11.6. The second-order valence-electron chi connectivity index (χ2n) is 9.24. The first kappa shape index (κ1) is 26.0. The summed E-state index contributed by atoms with van der Waals surface area (Å²) in [4.78, 5) is 14.9. The van der Waals surface area contributed by atoms with Gasteiger partial charge in [0, 0.05) is 42.1 Å². The van der Waals surface area contributed by atoms with E-state index in [0.29, 0.717) is 36.7 Å². The Hall–Kier alpha value is -3.60. The lowest BCUT2D eigenvalue weighted by molar-refractivity contribution is -0.118. The highest BCUT2D eigenvalue weighted by Crippen LogP contribution is 2.27. The molecule has 0 atom stereocenters. The fourth-order valence-corrected chi connectivity index (χ4v) is 3.86. The normalized spacial score (nSPS) is 15.4. The van der Waals surface area contributed by atoms with Crippen molar-refractivity contribution in [3.8, 4) is 17.4 Å². The number of ether oxygens (including phenoxy) is 1. The molecule has 2 heterocycles. The average Bonchev–Trinajstić information content (AvgIpc) is 3.31. The molecular weight excluding hydrogens is 442 g/mol. The summed E-state index contributed by atoms with van der Waals surface area (Å²) in [5.41, 5.74) is 1.55. The number of morpholine rings is 1. The molecule has 2 N–H and O–H groups in total. The van der Waals surface area contributed by atoms with Crippen LogP contribution >= 0.6 is 0 Å². The van der Waals surface area contributed by atoms with Crippen LogP contribution in [-0.2, 0) is 9.53 Å². The lowest BCUT2D eigenvalue weighted by atomic mass is 9.99. The topological polar surface area (TPSA) is 98.7 Å². The van der Waals surface area contributed by atoms with Crippen molar-refractivity contribution in [2.24, 2.45) is 0 Å². The van der Waals surface area contributed by atoms with Gasteiger partial charge in [-0.3, -0.25) is 4.79 Å². The highest BCUT2D eigenvalue weighted by atomic mass is 16.5. The number of aliphatic hydroxyl groups is 1. The molecule has 35 heavy (non-hydrogen) atoms. The average molecular weight is 476 g/mol. The standard InChI is InChI=1S/C28H33N3O4/c1-19-16-23(7-6-22(19)17-20(2)31-11-14-34-15-12-31)26-9-8-25(35-26)21(3)24(18-29)27(33)30-28(4,5)10-13-32/h6-9,16-17,32H,1-2,10-15H2,3-5H3,(H,30,33)/b22-17-,24-21+. The number of rotatable bonds is 8. The van der Waals surface area contributed by atoms with E-state index in [4.69, 9.17) is 9.15 Å². The summed E-state index contributed by atoms with van der Waals surface area (Å²) in [7, 11) is 0. The molecule has 184 valence electrons. The molecule has 0 radical (unpaired) electrons. The van der Waals surface area contributed by atoms with Crippen LogP contribution in [0.4, 0.5) is 0 Å². The van der Waals surface area contributed by atoms with Gasteiger partial charge in [0.05, 0.1) is 13.2 Å². The number of carbonyl (C=O) groups excluding carboxylic acids is 1. The monoisotopic (exact) mass is 475 g/mol. The molecule has 1 amide bonds. The van der Waals surface area contributed by atoms with Crippen LogP contribution in [0, 0.1) is 11.3 Å². The first-order chi connectivity index (χ1) is 16.6. The van der Waals surface area contributed by atoms with E-state index in [2.05, 4.69) is 23.4 Å². The second kappa shape index (κ2) is 11.2. The summed E-state index contributed by atoms with van der Waals surface area (Å²) < 4.78 is 11.4. The van der Waals surface area contributed by atoms with Gasteiger partial charge in [0.2, 0.25) is 0 Å². The highest BCUT2D eigenvalue weighted by molar-refractivity contribution is 6.04. The third-order valence-corrected chi connectivity index (χ3v) is 6.05. The zero-order valence-electron chi connectivity index (χ0n) is 20.7. The molecule has 0 aliphatic carbocycles. The van der Waals surface area contributed by atoms with Crippen molar-refractivity contribution in [3.05, 3.63) is 64.4 Å². The van der Waals surface area contributed by atoms with Gasteiger partial charge in [-0.05, 0) is 61.9 Å². The number of nitriles is 1. The Kier molecular flexibility index (Phi) is 8.34. The van der Waals surface area contributed by atoms with E-state index in [-0.39, 0.29) is 12.2 Å². The van der Waals surface area contributed by atoms with Gasteiger partial charge in [-0.2, -0.15) is 5.26 Å². The fourth-order valence-electron chi connectivity index (χ4n) is 3.86. The van der Waals surface area contributed by atoms with E-state index < -0.39 is 11.4 Å². The van der Waals surface area contributed by atoms with Gasteiger partial charge in [0.1, 0.15) is 23.2 Å². The van der Waals surface area contributed by atoms with Crippen LogP contribution in [0.3, 0.4) is 0 Å². The molecule has 0 bridgehead atoms. The van der Waals surface area contributed by atoms with Crippen LogP contribution in [0.5, 0.6) is 0 Å². The highest BCUT2D eigenvalue weighted by Gasteiger charge is 2.24. The van der Waals surface area contributed by atoms with E-state index in [1.54, 1.807) is 26.8 Å². The third-order valence-electron chi connectivity index (χ3n) is 6.05. The number of nitrogens with one attached hydrogen (secondary N) is 1. The molecule has 1 aromatic heterocycles. The maximum absolute atomic E-state index is 12.7. The lowest BCUT2D eigenvalue weighted by Crippen LogP contribution is -2.44. The van der Waals surface area contributed by atoms with E-state index in [9.17, 15) is 15.2 Å². The largest absolute Gasteiger partial charge is 0.456 e. The SMILES string of the molecule is C=C(/C=c1/ccc(-c2ccc(/C(C)=C(\C#N)C(=O)NC(C)(C)CCO)o2)cc1=C)N1CCOCC1. The van der Waals surface area contributed by atoms with Crippen molar-refractivity contribution in [2.75, 3.05) is 32.9 Å². The van der Waals surface area contributed by atoms with E-state index >= 15 is 0 Å². The maximum atomic E-state index is 12.7. The fraction of sp³-hybridized carbons (Fsp3) is 0.357. The van der Waals surface area contributed by atoms with Gasteiger partial charge < -0.3 is 24.5 Å². The molecule has 0 unspecified atom stereocenters. The minimum absolute atomic E-state index is 0.0265. The predicted molar refractivity (Wildman–Crippen MR) is 137 cm³/mol. The zero-order valence-corrected chi connectivity index (χ0v) is 20.7. The Morgan fingerprint density at radius 1 is 1.29 bits per heavy atom. The molecule has 3 rings (SSSR count). The Morgan fingerprint density at radius 2 is 2.00 bits per heavy atom.